The first-order valence-electron chi connectivity index (χ1n) is 7.68. The predicted molar refractivity (Wildman–Crippen MR) is 85.7 cm³/mol. The van der Waals surface area contributed by atoms with Crippen LogP contribution in [0.25, 0.3) is 0 Å². The van der Waals surface area contributed by atoms with Gasteiger partial charge in [-0.15, -0.1) is 5.73 Å². The van der Waals surface area contributed by atoms with E-state index in [1.165, 1.54) is 11.1 Å². The fraction of sp³-hybridized carbons (Fsp3) is 0.474. The van der Waals surface area contributed by atoms with Crippen molar-refractivity contribution in [1.29, 1.82) is 0 Å². The van der Waals surface area contributed by atoms with Crippen molar-refractivity contribution in [3.8, 4) is 0 Å². The van der Waals surface area contributed by atoms with Gasteiger partial charge in [0.2, 0.25) is 0 Å². The number of allylic oxidation sites excluding steroid dienone is 4. The number of rotatable bonds is 2. The SMILES string of the molecule is C=C=CC/C=C1/C(=O)OC[C@H]2C(=C)CC/C=C(\C)CC[C@H]12. The predicted octanol–water partition coefficient (Wildman–Crippen LogP) is 4.51. The van der Waals surface area contributed by atoms with E-state index < -0.39 is 0 Å². The van der Waals surface area contributed by atoms with Gasteiger partial charge in [-0.2, -0.15) is 0 Å². The molecule has 1 heterocycles. The fourth-order valence-electron chi connectivity index (χ4n) is 3.17. The second kappa shape index (κ2) is 7.28. The fourth-order valence-corrected chi connectivity index (χ4v) is 3.17. The van der Waals surface area contributed by atoms with E-state index in [2.05, 4.69) is 31.9 Å². The summed E-state index contributed by atoms with van der Waals surface area (Å²) in [5, 5.41) is 0. The molecule has 21 heavy (non-hydrogen) atoms. The van der Waals surface area contributed by atoms with Crippen molar-refractivity contribution in [2.75, 3.05) is 6.61 Å². The molecule has 1 aliphatic carbocycles. The Hall–Kier alpha value is -1.79. The lowest BCUT2D eigenvalue weighted by Gasteiger charge is -2.34. The lowest BCUT2D eigenvalue weighted by Crippen LogP contribution is -2.34. The van der Waals surface area contributed by atoms with Gasteiger partial charge in [0.1, 0.15) is 0 Å². The van der Waals surface area contributed by atoms with E-state index in [4.69, 9.17) is 4.74 Å². The summed E-state index contributed by atoms with van der Waals surface area (Å²) in [6.07, 6.45) is 10.8. The van der Waals surface area contributed by atoms with E-state index in [-0.39, 0.29) is 17.8 Å². The van der Waals surface area contributed by atoms with E-state index in [1.807, 2.05) is 12.2 Å². The third kappa shape index (κ3) is 3.86. The highest BCUT2D eigenvalue weighted by molar-refractivity contribution is 5.90. The molecule has 2 heteroatoms. The summed E-state index contributed by atoms with van der Waals surface area (Å²) in [5.74, 6) is 0.335. The maximum Gasteiger partial charge on any atom is 0.334 e. The molecular formula is C19H24O2. The molecule has 0 bridgehead atoms. The van der Waals surface area contributed by atoms with E-state index in [0.29, 0.717) is 13.0 Å². The van der Waals surface area contributed by atoms with Crippen LogP contribution in [-0.4, -0.2) is 12.6 Å². The van der Waals surface area contributed by atoms with Crippen molar-refractivity contribution in [3.63, 3.8) is 0 Å². The van der Waals surface area contributed by atoms with Crippen LogP contribution in [0.1, 0.15) is 39.0 Å². The highest BCUT2D eigenvalue weighted by Gasteiger charge is 2.36. The smallest absolute Gasteiger partial charge is 0.334 e. The number of esters is 1. The van der Waals surface area contributed by atoms with Crippen molar-refractivity contribution in [2.24, 2.45) is 11.8 Å². The zero-order chi connectivity index (χ0) is 15.2. The Morgan fingerprint density at radius 2 is 2.24 bits per heavy atom. The van der Waals surface area contributed by atoms with Crippen LogP contribution in [0, 0.1) is 11.8 Å². The van der Waals surface area contributed by atoms with E-state index >= 15 is 0 Å². The number of carbonyl (C=O) groups is 1. The minimum Gasteiger partial charge on any atom is -0.462 e. The van der Waals surface area contributed by atoms with Gasteiger partial charge in [0.05, 0.1) is 6.61 Å². The second-order valence-electron chi connectivity index (χ2n) is 5.90. The first-order valence-corrected chi connectivity index (χ1v) is 7.68. The number of hydrogen-bond acceptors (Lipinski definition) is 2. The Morgan fingerprint density at radius 1 is 1.43 bits per heavy atom. The lowest BCUT2D eigenvalue weighted by molar-refractivity contribution is -0.144. The van der Waals surface area contributed by atoms with Gasteiger partial charge in [0.25, 0.3) is 0 Å². The maximum absolute atomic E-state index is 12.1. The van der Waals surface area contributed by atoms with Crippen LogP contribution < -0.4 is 0 Å². The van der Waals surface area contributed by atoms with Crippen molar-refractivity contribution >= 4 is 5.97 Å². The average molecular weight is 284 g/mol. The minimum absolute atomic E-state index is 0.164. The standard InChI is InChI=1S/C19H24O2/c1-4-5-6-10-17-16-12-11-14(2)8-7-9-15(3)18(16)13-21-19(17)20/h5,8,10,16,18H,1,3,6-7,9,11-13H2,2H3/b14-8+,17-10+/t16-,18+/m1/s1. The maximum atomic E-state index is 12.1. The van der Waals surface area contributed by atoms with Gasteiger partial charge in [-0.1, -0.05) is 36.5 Å². The molecule has 1 aliphatic heterocycles. The summed E-state index contributed by atoms with van der Waals surface area (Å²) in [7, 11) is 0. The zero-order valence-corrected chi connectivity index (χ0v) is 12.9. The van der Waals surface area contributed by atoms with Crippen molar-refractivity contribution in [1.82, 2.24) is 0 Å². The second-order valence-corrected chi connectivity index (χ2v) is 5.90. The number of cyclic esters (lactones) is 1. The highest BCUT2D eigenvalue weighted by Crippen LogP contribution is 2.38. The van der Waals surface area contributed by atoms with Gasteiger partial charge in [-0.25, -0.2) is 4.79 Å². The molecule has 0 aromatic carbocycles. The minimum atomic E-state index is -0.164. The molecule has 112 valence electrons. The van der Waals surface area contributed by atoms with E-state index in [9.17, 15) is 4.79 Å². The Bertz CT molecular complexity index is 530. The Morgan fingerprint density at radius 3 is 3.00 bits per heavy atom. The van der Waals surface area contributed by atoms with E-state index in [0.717, 1.165) is 31.3 Å². The Kier molecular flexibility index (Phi) is 5.41. The molecule has 2 nitrogen and oxygen atoms in total. The van der Waals surface area contributed by atoms with Gasteiger partial charge in [0.15, 0.2) is 0 Å². The zero-order valence-electron chi connectivity index (χ0n) is 12.9. The van der Waals surface area contributed by atoms with Gasteiger partial charge in [-0.05, 0) is 45.1 Å². The molecule has 0 aromatic heterocycles. The quantitative estimate of drug-likeness (QED) is 0.323. The molecule has 2 rings (SSSR count). The Balaban J connectivity index is 2.28. The topological polar surface area (TPSA) is 26.3 Å². The van der Waals surface area contributed by atoms with Crippen LogP contribution in [0.2, 0.25) is 0 Å². The molecule has 0 unspecified atom stereocenters. The Labute approximate surface area is 127 Å². The molecule has 0 amide bonds. The first kappa shape index (κ1) is 15.6. The molecule has 0 saturated carbocycles. The average Bonchev–Trinajstić information content (AvgIpc) is 2.52. The molecule has 2 atom stereocenters. The van der Waals surface area contributed by atoms with Crippen LogP contribution in [0.3, 0.4) is 0 Å². The first-order chi connectivity index (χ1) is 10.1. The number of carbonyl (C=O) groups excluding carboxylic acids is 1. The van der Waals surface area contributed by atoms with E-state index in [1.54, 1.807) is 0 Å². The summed E-state index contributed by atoms with van der Waals surface area (Å²) < 4.78 is 5.39. The summed E-state index contributed by atoms with van der Waals surface area (Å²) >= 11 is 0. The number of ether oxygens (including phenoxy) is 1. The third-order valence-corrected chi connectivity index (χ3v) is 4.45. The van der Waals surface area contributed by atoms with Gasteiger partial charge < -0.3 is 4.74 Å². The molecule has 1 saturated heterocycles. The van der Waals surface area contributed by atoms with Gasteiger partial charge in [0, 0.05) is 17.4 Å². The van der Waals surface area contributed by atoms with Gasteiger partial charge in [-0.3, -0.25) is 0 Å². The molecular weight excluding hydrogens is 260 g/mol. The molecule has 0 spiro atoms. The summed E-state index contributed by atoms with van der Waals surface area (Å²) in [6.45, 7) is 10.5. The van der Waals surface area contributed by atoms with Crippen LogP contribution in [0.15, 0.2) is 53.8 Å². The van der Waals surface area contributed by atoms with Crippen LogP contribution in [-0.2, 0) is 9.53 Å². The highest BCUT2D eigenvalue weighted by atomic mass is 16.5. The normalized spacial score (nSPS) is 30.9. The molecule has 2 aliphatic rings. The summed E-state index contributed by atoms with van der Waals surface area (Å²) in [5.41, 5.74) is 6.18. The third-order valence-electron chi connectivity index (χ3n) is 4.45. The lowest BCUT2D eigenvalue weighted by atomic mass is 9.76. The van der Waals surface area contributed by atoms with Crippen molar-refractivity contribution in [3.05, 3.63) is 53.8 Å². The molecule has 0 aromatic rings. The molecule has 1 fully saturated rings. The monoisotopic (exact) mass is 284 g/mol. The van der Waals surface area contributed by atoms with Crippen LogP contribution in [0.5, 0.6) is 0 Å². The van der Waals surface area contributed by atoms with Gasteiger partial charge >= 0.3 is 5.97 Å². The number of fused-ring (bicyclic) bond motifs is 1. The van der Waals surface area contributed by atoms with Crippen LogP contribution in [0.4, 0.5) is 0 Å². The summed E-state index contributed by atoms with van der Waals surface area (Å²) in [6, 6.07) is 0. The summed E-state index contributed by atoms with van der Waals surface area (Å²) in [4.78, 5) is 12.1. The van der Waals surface area contributed by atoms with Crippen LogP contribution >= 0.6 is 0 Å². The molecule has 0 N–H and O–H groups in total. The van der Waals surface area contributed by atoms with Crippen molar-refractivity contribution in [2.45, 2.75) is 39.0 Å². The molecule has 0 radical (unpaired) electrons. The number of hydrogen-bond donors (Lipinski definition) is 0. The van der Waals surface area contributed by atoms with Crippen molar-refractivity contribution < 1.29 is 9.53 Å². The largest absolute Gasteiger partial charge is 0.462 e.